The molecule has 0 radical (unpaired) electrons. The molecule has 4 nitrogen and oxygen atoms in total. The number of hydrogen-bond donors (Lipinski definition) is 1. The smallest absolute Gasteiger partial charge is 0.398 e. The van der Waals surface area contributed by atoms with Gasteiger partial charge >= 0.3 is 6.18 Å². The lowest BCUT2D eigenvalue weighted by atomic mass is 10.1. The van der Waals surface area contributed by atoms with E-state index in [2.05, 4.69) is 0 Å². The minimum absolute atomic E-state index is 0.0342. The average molecular weight is 341 g/mol. The molecule has 0 fully saturated rings. The van der Waals surface area contributed by atoms with Gasteiger partial charge in [0.25, 0.3) is 0 Å². The maximum absolute atomic E-state index is 12.5. The first-order chi connectivity index (χ1) is 9.62. The highest BCUT2D eigenvalue weighted by atomic mass is 35.5. The molecular formula is C12H12ClF3N2O2S. The number of alkyl halides is 3. The minimum atomic E-state index is -4.42. The van der Waals surface area contributed by atoms with E-state index in [0.29, 0.717) is 0 Å². The van der Waals surface area contributed by atoms with Gasteiger partial charge in [-0.15, -0.1) is 0 Å². The first-order valence-electron chi connectivity index (χ1n) is 5.94. The van der Waals surface area contributed by atoms with Crippen molar-refractivity contribution in [3.8, 4) is 0 Å². The molecule has 116 valence electrons. The first kappa shape index (κ1) is 16.1. The molecule has 1 aromatic rings. The zero-order valence-electron chi connectivity index (χ0n) is 10.7. The summed E-state index contributed by atoms with van der Waals surface area (Å²) in [4.78, 5) is -0.157. The molecule has 0 unspecified atom stereocenters. The molecule has 0 amide bonds. The van der Waals surface area contributed by atoms with Crippen LogP contribution in [0.3, 0.4) is 0 Å². The van der Waals surface area contributed by atoms with Crippen molar-refractivity contribution in [2.45, 2.75) is 17.5 Å². The Labute approximate surface area is 125 Å². The molecule has 0 spiro atoms. The van der Waals surface area contributed by atoms with Crippen LogP contribution >= 0.6 is 11.6 Å². The van der Waals surface area contributed by atoms with Gasteiger partial charge in [0.1, 0.15) is 4.90 Å². The SMILES string of the molecule is Nc1cc(Cl)ccc1S(=O)(=O)N1CC=C(C(F)(F)F)CC1. The van der Waals surface area contributed by atoms with Crippen LogP contribution in [0.2, 0.25) is 5.02 Å². The van der Waals surface area contributed by atoms with E-state index in [1.807, 2.05) is 0 Å². The van der Waals surface area contributed by atoms with Gasteiger partial charge in [0.15, 0.2) is 0 Å². The molecule has 0 saturated heterocycles. The van der Waals surface area contributed by atoms with Crippen molar-refractivity contribution in [1.29, 1.82) is 0 Å². The summed E-state index contributed by atoms with van der Waals surface area (Å²) in [5.74, 6) is 0. The number of halogens is 4. The number of rotatable bonds is 2. The topological polar surface area (TPSA) is 63.4 Å². The maximum Gasteiger partial charge on any atom is 0.412 e. The molecule has 1 aliphatic heterocycles. The van der Waals surface area contributed by atoms with Gasteiger partial charge < -0.3 is 5.73 Å². The second-order valence-corrected chi connectivity index (χ2v) is 6.87. The van der Waals surface area contributed by atoms with Crippen molar-refractivity contribution < 1.29 is 21.6 Å². The third kappa shape index (κ3) is 3.33. The normalized spacial score (nSPS) is 17.6. The van der Waals surface area contributed by atoms with Gasteiger partial charge in [0, 0.05) is 23.7 Å². The standard InChI is InChI=1S/C12H12ClF3N2O2S/c13-9-1-2-11(10(17)7-9)21(19,20)18-5-3-8(4-6-18)12(14,15)16/h1-3,7H,4-6,17H2. The minimum Gasteiger partial charge on any atom is -0.398 e. The second kappa shape index (κ2) is 5.51. The molecular weight excluding hydrogens is 329 g/mol. The monoisotopic (exact) mass is 340 g/mol. The Kier molecular flexibility index (Phi) is 4.23. The molecule has 1 aliphatic rings. The Morgan fingerprint density at radius 3 is 2.43 bits per heavy atom. The van der Waals surface area contributed by atoms with Gasteiger partial charge in [-0.25, -0.2) is 8.42 Å². The molecule has 9 heteroatoms. The Morgan fingerprint density at radius 1 is 1.29 bits per heavy atom. The Morgan fingerprint density at radius 2 is 1.95 bits per heavy atom. The lowest BCUT2D eigenvalue weighted by Gasteiger charge is -2.27. The Bertz CT molecular complexity index is 686. The highest BCUT2D eigenvalue weighted by molar-refractivity contribution is 7.89. The van der Waals surface area contributed by atoms with E-state index in [4.69, 9.17) is 17.3 Å². The van der Waals surface area contributed by atoms with E-state index in [1.165, 1.54) is 18.2 Å². The molecule has 0 bridgehead atoms. The molecule has 1 aromatic carbocycles. The van der Waals surface area contributed by atoms with Crippen LogP contribution in [-0.2, 0) is 10.0 Å². The quantitative estimate of drug-likeness (QED) is 0.665. The number of nitrogens with zero attached hydrogens (tertiary/aromatic N) is 1. The van der Waals surface area contributed by atoms with Crippen molar-refractivity contribution in [3.05, 3.63) is 34.9 Å². The summed E-state index contributed by atoms with van der Waals surface area (Å²) in [6.45, 7) is -0.574. The van der Waals surface area contributed by atoms with Crippen LogP contribution in [-0.4, -0.2) is 32.0 Å². The zero-order valence-corrected chi connectivity index (χ0v) is 12.3. The molecule has 21 heavy (non-hydrogen) atoms. The summed E-state index contributed by atoms with van der Waals surface area (Å²) >= 11 is 5.70. The maximum atomic E-state index is 12.5. The lowest BCUT2D eigenvalue weighted by Crippen LogP contribution is -2.37. The van der Waals surface area contributed by atoms with Crippen LogP contribution < -0.4 is 5.73 Å². The molecule has 2 N–H and O–H groups in total. The summed E-state index contributed by atoms with van der Waals surface area (Å²) in [6, 6.07) is 3.90. The number of sulfonamides is 1. The van der Waals surface area contributed by atoms with Crippen molar-refractivity contribution >= 4 is 27.3 Å². The van der Waals surface area contributed by atoms with E-state index in [-0.39, 0.29) is 35.1 Å². The summed E-state index contributed by atoms with van der Waals surface area (Å²) in [7, 11) is -3.94. The van der Waals surface area contributed by atoms with E-state index in [9.17, 15) is 21.6 Å². The number of hydrogen-bond acceptors (Lipinski definition) is 3. The fourth-order valence-electron chi connectivity index (χ4n) is 2.02. The van der Waals surface area contributed by atoms with Crippen LogP contribution in [0, 0.1) is 0 Å². The summed E-state index contributed by atoms with van der Waals surface area (Å²) < 4.78 is 63.3. The van der Waals surface area contributed by atoms with Crippen LogP contribution in [0.1, 0.15) is 6.42 Å². The molecule has 0 aliphatic carbocycles. The van der Waals surface area contributed by atoms with Crippen molar-refractivity contribution in [2.75, 3.05) is 18.8 Å². The van der Waals surface area contributed by atoms with Crippen molar-refractivity contribution in [3.63, 3.8) is 0 Å². The highest BCUT2D eigenvalue weighted by Crippen LogP contribution is 2.32. The molecule has 2 rings (SSSR count). The summed E-state index contributed by atoms with van der Waals surface area (Å²) in [5, 5.41) is 0.282. The van der Waals surface area contributed by atoms with Gasteiger partial charge in [-0.05, 0) is 24.6 Å². The van der Waals surface area contributed by atoms with Gasteiger partial charge in [0.2, 0.25) is 10.0 Å². The molecule has 0 saturated carbocycles. The van der Waals surface area contributed by atoms with Gasteiger partial charge in [0.05, 0.1) is 5.69 Å². The van der Waals surface area contributed by atoms with E-state index in [1.54, 1.807) is 0 Å². The predicted octanol–water partition coefficient (Wildman–Crippen LogP) is 2.81. The second-order valence-electron chi connectivity index (χ2n) is 4.52. The largest absolute Gasteiger partial charge is 0.412 e. The van der Waals surface area contributed by atoms with Crippen LogP contribution in [0.4, 0.5) is 18.9 Å². The average Bonchev–Trinajstić information content (AvgIpc) is 2.37. The number of nitrogen functional groups attached to an aromatic ring is 1. The van der Waals surface area contributed by atoms with Crippen molar-refractivity contribution in [2.24, 2.45) is 0 Å². The van der Waals surface area contributed by atoms with Gasteiger partial charge in [-0.2, -0.15) is 17.5 Å². The van der Waals surface area contributed by atoms with Gasteiger partial charge in [-0.3, -0.25) is 0 Å². The van der Waals surface area contributed by atoms with Crippen molar-refractivity contribution in [1.82, 2.24) is 4.31 Å². The van der Waals surface area contributed by atoms with Crippen LogP contribution in [0.5, 0.6) is 0 Å². The summed E-state index contributed by atoms with van der Waals surface area (Å²) in [6.07, 6.45) is -3.92. The van der Waals surface area contributed by atoms with Crippen LogP contribution in [0.25, 0.3) is 0 Å². The zero-order chi connectivity index (χ0) is 15.8. The fourth-order valence-corrected chi connectivity index (χ4v) is 3.68. The third-order valence-electron chi connectivity index (χ3n) is 3.13. The number of nitrogens with two attached hydrogens (primary N) is 1. The van der Waals surface area contributed by atoms with E-state index >= 15 is 0 Å². The molecule has 0 atom stereocenters. The number of anilines is 1. The lowest BCUT2D eigenvalue weighted by molar-refractivity contribution is -0.0953. The molecule has 1 heterocycles. The molecule has 0 aromatic heterocycles. The van der Waals surface area contributed by atoms with Crippen LogP contribution in [0.15, 0.2) is 34.7 Å². The predicted molar refractivity (Wildman–Crippen MR) is 73.4 cm³/mol. The first-order valence-corrected chi connectivity index (χ1v) is 7.75. The third-order valence-corrected chi connectivity index (χ3v) is 5.30. The fraction of sp³-hybridized carbons (Fsp3) is 0.333. The Hall–Kier alpha value is -1.25. The van der Waals surface area contributed by atoms with E-state index in [0.717, 1.165) is 10.4 Å². The summed E-state index contributed by atoms with van der Waals surface area (Å²) in [5.41, 5.74) is 4.88. The Balaban J connectivity index is 2.29. The van der Waals surface area contributed by atoms with E-state index < -0.39 is 21.8 Å². The number of benzene rings is 1. The van der Waals surface area contributed by atoms with Gasteiger partial charge in [-0.1, -0.05) is 17.7 Å². The highest BCUT2D eigenvalue weighted by Gasteiger charge is 2.37.